The predicted octanol–water partition coefficient (Wildman–Crippen LogP) is 15.5. The van der Waals surface area contributed by atoms with Crippen LogP contribution < -0.4 is 4.90 Å². The van der Waals surface area contributed by atoms with Crippen molar-refractivity contribution in [3.63, 3.8) is 0 Å². The van der Waals surface area contributed by atoms with Gasteiger partial charge in [0.15, 0.2) is 0 Å². The molecule has 11 aromatic carbocycles. The third-order valence-corrected chi connectivity index (χ3v) is 12.7. The van der Waals surface area contributed by atoms with E-state index in [1.807, 2.05) is 0 Å². The molecule has 1 aliphatic carbocycles. The van der Waals surface area contributed by atoms with E-state index in [2.05, 4.69) is 207 Å². The van der Waals surface area contributed by atoms with Crippen LogP contribution in [0.4, 0.5) is 17.1 Å². The summed E-state index contributed by atoms with van der Waals surface area (Å²) >= 11 is 0. The molecule has 12 rings (SSSR count). The largest absolute Gasteiger partial charge is 0.309 e. The Morgan fingerprint density at radius 2 is 0.839 bits per heavy atom. The normalized spacial score (nSPS) is 13.3. The van der Waals surface area contributed by atoms with E-state index in [0.29, 0.717) is 0 Å². The standard InChI is InChI=1S/C55H37N/c1-55(2)45-27-8-6-21-43(45)54-46(55)28-14-30-48(54)56(47-29-9-7-20-38(47)34-15-4-3-5-16-34)49-33-37-19-12-24-40-39-22-10-17-35-31-32-36-18-11-23-41(51(36)50(35)39)42-25-13-26-44(49)53(42)52(37)40/h3-33H,1-2H3. The molecule has 0 radical (unpaired) electrons. The maximum absolute atomic E-state index is 2.58. The van der Waals surface area contributed by atoms with Crippen molar-refractivity contribution < 1.29 is 0 Å². The molecule has 1 aliphatic rings. The van der Waals surface area contributed by atoms with Gasteiger partial charge in [0.25, 0.3) is 0 Å². The summed E-state index contributed by atoms with van der Waals surface area (Å²) in [4.78, 5) is 2.58. The smallest absolute Gasteiger partial charge is 0.0547 e. The second-order valence-electron chi connectivity index (χ2n) is 16.0. The highest BCUT2D eigenvalue weighted by Crippen LogP contribution is 2.56. The summed E-state index contributed by atoms with van der Waals surface area (Å²) in [6, 6.07) is 70.4. The van der Waals surface area contributed by atoms with Crippen LogP contribution in [0.3, 0.4) is 0 Å². The van der Waals surface area contributed by atoms with Crippen molar-refractivity contribution in [1.82, 2.24) is 0 Å². The molecule has 1 nitrogen and oxygen atoms in total. The van der Waals surface area contributed by atoms with Gasteiger partial charge < -0.3 is 4.90 Å². The minimum absolute atomic E-state index is 0.135. The number of hydrogen-bond acceptors (Lipinski definition) is 1. The number of nitrogens with zero attached hydrogens (tertiary/aromatic N) is 1. The number of rotatable bonds is 4. The van der Waals surface area contributed by atoms with Crippen molar-refractivity contribution in [3.05, 3.63) is 199 Å². The highest BCUT2D eigenvalue weighted by atomic mass is 15.1. The zero-order chi connectivity index (χ0) is 37.1. The van der Waals surface area contributed by atoms with Gasteiger partial charge >= 0.3 is 0 Å². The zero-order valence-electron chi connectivity index (χ0n) is 31.3. The lowest BCUT2D eigenvalue weighted by molar-refractivity contribution is 0.660. The molecule has 262 valence electrons. The Bertz CT molecular complexity index is 3390. The van der Waals surface area contributed by atoms with Gasteiger partial charge in [0, 0.05) is 27.3 Å². The van der Waals surface area contributed by atoms with Crippen molar-refractivity contribution in [2.24, 2.45) is 0 Å². The highest BCUT2D eigenvalue weighted by Gasteiger charge is 2.38. The molecule has 1 heteroatoms. The Morgan fingerprint density at radius 1 is 0.339 bits per heavy atom. The van der Waals surface area contributed by atoms with E-state index < -0.39 is 0 Å². The van der Waals surface area contributed by atoms with Crippen LogP contribution in [0.5, 0.6) is 0 Å². The summed E-state index contributed by atoms with van der Waals surface area (Å²) in [5.74, 6) is 0. The molecule has 0 fully saturated rings. The average Bonchev–Trinajstić information content (AvgIpc) is 3.49. The van der Waals surface area contributed by atoms with Crippen LogP contribution in [0.25, 0.3) is 86.9 Å². The second-order valence-corrected chi connectivity index (χ2v) is 16.0. The van der Waals surface area contributed by atoms with Crippen molar-refractivity contribution in [3.8, 4) is 22.3 Å². The van der Waals surface area contributed by atoms with Gasteiger partial charge in [-0.05, 0) is 94.3 Å². The molecule has 0 saturated heterocycles. The Hall–Kier alpha value is -6.96. The number of fused-ring (bicyclic) bond motifs is 5. The first kappa shape index (κ1) is 31.4. The van der Waals surface area contributed by atoms with Gasteiger partial charge in [-0.1, -0.05) is 184 Å². The van der Waals surface area contributed by atoms with Crippen LogP contribution in [0, 0.1) is 0 Å². The van der Waals surface area contributed by atoms with E-state index >= 15 is 0 Å². The van der Waals surface area contributed by atoms with Crippen LogP contribution >= 0.6 is 0 Å². The molecule has 0 unspecified atom stereocenters. The maximum Gasteiger partial charge on any atom is 0.0547 e. The van der Waals surface area contributed by atoms with Crippen LogP contribution in [0.2, 0.25) is 0 Å². The third-order valence-electron chi connectivity index (χ3n) is 12.7. The van der Waals surface area contributed by atoms with Crippen molar-refractivity contribution in [2.45, 2.75) is 19.3 Å². The summed E-state index contributed by atoms with van der Waals surface area (Å²) in [6.45, 7) is 4.75. The van der Waals surface area contributed by atoms with E-state index in [1.54, 1.807) is 0 Å². The van der Waals surface area contributed by atoms with Crippen LogP contribution in [-0.2, 0) is 5.41 Å². The Kier molecular flexibility index (Phi) is 6.46. The fourth-order valence-corrected chi connectivity index (χ4v) is 10.3. The topological polar surface area (TPSA) is 3.24 Å². The van der Waals surface area contributed by atoms with Gasteiger partial charge in [-0.2, -0.15) is 0 Å². The van der Waals surface area contributed by atoms with Crippen LogP contribution in [-0.4, -0.2) is 0 Å². The summed E-state index contributed by atoms with van der Waals surface area (Å²) in [6.07, 6.45) is 0. The van der Waals surface area contributed by atoms with Gasteiger partial charge in [0.2, 0.25) is 0 Å². The molecule has 11 aromatic rings. The van der Waals surface area contributed by atoms with Crippen LogP contribution in [0.15, 0.2) is 188 Å². The minimum atomic E-state index is -0.135. The third kappa shape index (κ3) is 4.20. The van der Waals surface area contributed by atoms with E-state index in [-0.39, 0.29) is 5.41 Å². The lowest BCUT2D eigenvalue weighted by Gasteiger charge is -2.32. The highest BCUT2D eigenvalue weighted by molar-refractivity contribution is 6.38. The Balaban J connectivity index is 1.30. The molecule has 0 saturated carbocycles. The molecule has 56 heavy (non-hydrogen) atoms. The second kappa shape index (κ2) is 11.5. The van der Waals surface area contributed by atoms with E-state index in [9.17, 15) is 0 Å². The minimum Gasteiger partial charge on any atom is -0.309 e. The van der Waals surface area contributed by atoms with Crippen molar-refractivity contribution >= 4 is 81.7 Å². The molecule has 0 aromatic heterocycles. The molecular weight excluding hydrogens is 675 g/mol. The quantitative estimate of drug-likeness (QED) is 0.164. The summed E-state index contributed by atoms with van der Waals surface area (Å²) in [7, 11) is 0. The number of benzene rings is 10. The van der Waals surface area contributed by atoms with E-state index in [0.717, 1.165) is 5.69 Å². The molecule has 0 bridgehead atoms. The average molecular weight is 712 g/mol. The van der Waals surface area contributed by atoms with Crippen molar-refractivity contribution in [2.75, 3.05) is 4.90 Å². The molecule has 0 amide bonds. The van der Waals surface area contributed by atoms with E-state index in [4.69, 9.17) is 0 Å². The fourth-order valence-electron chi connectivity index (χ4n) is 10.3. The first-order valence-electron chi connectivity index (χ1n) is 19.7. The predicted molar refractivity (Wildman–Crippen MR) is 240 cm³/mol. The van der Waals surface area contributed by atoms with Crippen molar-refractivity contribution in [1.29, 1.82) is 0 Å². The SMILES string of the molecule is CC1(C)c2ccccc2-c2c(N(c3ccccc3-c3ccccc3)c3cc4cccc5c6cccc7ccc8cccc(c9cccc3c9c45)c8c76)cccc21. The summed E-state index contributed by atoms with van der Waals surface area (Å²) in [5, 5.41) is 15.4. The zero-order valence-corrected chi connectivity index (χ0v) is 31.3. The van der Waals surface area contributed by atoms with E-state index in [1.165, 1.54) is 109 Å². The fraction of sp³-hybridized carbons (Fsp3) is 0.0545. The van der Waals surface area contributed by atoms with Gasteiger partial charge in [-0.3, -0.25) is 0 Å². The van der Waals surface area contributed by atoms with Crippen LogP contribution in [0.1, 0.15) is 25.0 Å². The molecule has 0 aliphatic heterocycles. The van der Waals surface area contributed by atoms with Gasteiger partial charge in [0.05, 0.1) is 17.1 Å². The Morgan fingerprint density at radius 3 is 1.55 bits per heavy atom. The molecule has 0 atom stereocenters. The summed E-state index contributed by atoms with van der Waals surface area (Å²) in [5.41, 5.74) is 11.1. The number of anilines is 3. The van der Waals surface area contributed by atoms with Gasteiger partial charge in [-0.15, -0.1) is 0 Å². The molecule has 0 spiro atoms. The Labute approximate surface area is 326 Å². The number of hydrogen-bond donors (Lipinski definition) is 0. The molecular formula is C55H37N. The first-order valence-corrected chi connectivity index (χ1v) is 19.7. The van der Waals surface area contributed by atoms with Gasteiger partial charge in [0.1, 0.15) is 0 Å². The lowest BCUT2D eigenvalue weighted by Crippen LogP contribution is -2.16. The molecule has 0 heterocycles. The van der Waals surface area contributed by atoms with Gasteiger partial charge in [-0.25, -0.2) is 0 Å². The number of para-hydroxylation sites is 1. The monoisotopic (exact) mass is 711 g/mol. The first-order chi connectivity index (χ1) is 27.6. The molecule has 0 N–H and O–H groups in total. The maximum atomic E-state index is 2.58. The summed E-state index contributed by atoms with van der Waals surface area (Å²) < 4.78 is 0. The lowest BCUT2D eigenvalue weighted by atomic mass is 9.82.